The van der Waals surface area contributed by atoms with E-state index in [4.69, 9.17) is 4.74 Å². The standard InChI is InChI=1S/C15H19N3O2/c19-15(13-7-4-10-20-13)16-9-3-8-14-17-11-5-1-2-6-12(11)18-14/h1-2,5-6,13H,3-4,7-10H2,(H,16,19)(H,17,18). The van der Waals surface area contributed by atoms with Crippen LogP contribution in [0.4, 0.5) is 0 Å². The minimum absolute atomic E-state index is 0.0205. The van der Waals surface area contributed by atoms with Crippen LogP contribution in [0.1, 0.15) is 25.1 Å². The number of rotatable bonds is 5. The normalized spacial score (nSPS) is 18.5. The Labute approximate surface area is 117 Å². The molecule has 5 nitrogen and oxygen atoms in total. The van der Waals surface area contributed by atoms with Crippen LogP contribution in [-0.4, -0.2) is 35.1 Å². The number of ether oxygens (including phenoxy) is 1. The molecule has 1 amide bonds. The number of nitrogens with one attached hydrogen (secondary N) is 2. The fourth-order valence-corrected chi connectivity index (χ4v) is 2.49. The lowest BCUT2D eigenvalue weighted by molar-refractivity contribution is -0.130. The Hall–Kier alpha value is -1.88. The maximum atomic E-state index is 11.7. The van der Waals surface area contributed by atoms with Gasteiger partial charge in [-0.3, -0.25) is 4.79 Å². The van der Waals surface area contributed by atoms with E-state index in [1.54, 1.807) is 0 Å². The Morgan fingerprint density at radius 1 is 1.45 bits per heavy atom. The monoisotopic (exact) mass is 273 g/mol. The van der Waals surface area contributed by atoms with E-state index in [1.165, 1.54) is 0 Å². The van der Waals surface area contributed by atoms with Crippen LogP contribution < -0.4 is 5.32 Å². The highest BCUT2D eigenvalue weighted by Crippen LogP contribution is 2.12. The second-order valence-corrected chi connectivity index (χ2v) is 5.10. The molecular formula is C15H19N3O2. The highest BCUT2D eigenvalue weighted by Gasteiger charge is 2.22. The Bertz CT molecular complexity index is 555. The van der Waals surface area contributed by atoms with E-state index in [1.807, 2.05) is 24.3 Å². The number of H-pyrrole nitrogens is 1. The zero-order valence-electron chi connectivity index (χ0n) is 11.4. The molecule has 106 valence electrons. The number of aryl methyl sites for hydroxylation is 1. The largest absolute Gasteiger partial charge is 0.368 e. The lowest BCUT2D eigenvalue weighted by Crippen LogP contribution is -2.34. The molecule has 1 aliphatic heterocycles. The van der Waals surface area contributed by atoms with Crippen molar-refractivity contribution in [3.8, 4) is 0 Å². The molecule has 20 heavy (non-hydrogen) atoms. The number of imidazole rings is 1. The third kappa shape index (κ3) is 2.99. The summed E-state index contributed by atoms with van der Waals surface area (Å²) in [6.07, 6.45) is 3.30. The molecule has 5 heteroatoms. The summed E-state index contributed by atoms with van der Waals surface area (Å²) >= 11 is 0. The summed E-state index contributed by atoms with van der Waals surface area (Å²) in [5.74, 6) is 0.990. The van der Waals surface area contributed by atoms with E-state index >= 15 is 0 Å². The molecule has 0 radical (unpaired) electrons. The van der Waals surface area contributed by atoms with Crippen LogP contribution >= 0.6 is 0 Å². The minimum Gasteiger partial charge on any atom is -0.368 e. The summed E-state index contributed by atoms with van der Waals surface area (Å²) in [5, 5.41) is 2.92. The first-order chi connectivity index (χ1) is 9.83. The van der Waals surface area contributed by atoms with Gasteiger partial charge in [-0.1, -0.05) is 12.1 Å². The van der Waals surface area contributed by atoms with Crippen molar-refractivity contribution in [1.29, 1.82) is 0 Å². The number of amides is 1. The van der Waals surface area contributed by atoms with E-state index in [0.29, 0.717) is 13.2 Å². The number of hydrogen-bond donors (Lipinski definition) is 2. The molecule has 1 aromatic carbocycles. The zero-order valence-corrected chi connectivity index (χ0v) is 11.4. The SMILES string of the molecule is O=C(NCCCc1nc2ccccc2[nH]1)C1CCCO1. The second kappa shape index (κ2) is 6.05. The number of benzene rings is 1. The summed E-state index contributed by atoms with van der Waals surface area (Å²) in [6, 6.07) is 7.99. The van der Waals surface area contributed by atoms with Gasteiger partial charge < -0.3 is 15.0 Å². The van der Waals surface area contributed by atoms with Crippen molar-refractivity contribution in [3.63, 3.8) is 0 Å². The number of carbonyl (C=O) groups excluding carboxylic acids is 1. The van der Waals surface area contributed by atoms with E-state index in [-0.39, 0.29) is 12.0 Å². The smallest absolute Gasteiger partial charge is 0.249 e. The third-order valence-corrected chi connectivity index (χ3v) is 3.55. The molecule has 1 atom stereocenters. The first-order valence-corrected chi connectivity index (χ1v) is 7.16. The van der Waals surface area contributed by atoms with E-state index in [0.717, 1.165) is 42.5 Å². The van der Waals surface area contributed by atoms with Crippen LogP contribution in [0.15, 0.2) is 24.3 Å². The Kier molecular flexibility index (Phi) is 3.97. The maximum absolute atomic E-state index is 11.7. The van der Waals surface area contributed by atoms with Crippen LogP contribution in [0.2, 0.25) is 0 Å². The van der Waals surface area contributed by atoms with Gasteiger partial charge in [0.1, 0.15) is 11.9 Å². The van der Waals surface area contributed by atoms with Crippen molar-refractivity contribution in [2.45, 2.75) is 31.8 Å². The first kappa shape index (κ1) is 13.1. The molecule has 1 aromatic heterocycles. The highest BCUT2D eigenvalue weighted by molar-refractivity contribution is 5.80. The van der Waals surface area contributed by atoms with Crippen LogP contribution in [0.5, 0.6) is 0 Å². The van der Waals surface area contributed by atoms with Crippen molar-refractivity contribution >= 4 is 16.9 Å². The van der Waals surface area contributed by atoms with Crippen molar-refractivity contribution in [1.82, 2.24) is 15.3 Å². The van der Waals surface area contributed by atoms with Gasteiger partial charge in [-0.2, -0.15) is 0 Å². The Morgan fingerprint density at radius 2 is 2.35 bits per heavy atom. The van der Waals surface area contributed by atoms with Crippen LogP contribution in [-0.2, 0) is 16.0 Å². The van der Waals surface area contributed by atoms with Gasteiger partial charge in [-0.05, 0) is 31.4 Å². The molecule has 0 saturated carbocycles. The van der Waals surface area contributed by atoms with E-state index in [9.17, 15) is 4.79 Å². The number of hydrogen-bond acceptors (Lipinski definition) is 3. The molecule has 1 unspecified atom stereocenters. The number of para-hydroxylation sites is 2. The lowest BCUT2D eigenvalue weighted by Gasteiger charge is -2.09. The van der Waals surface area contributed by atoms with Crippen molar-refractivity contribution in [2.75, 3.05) is 13.2 Å². The molecule has 0 bridgehead atoms. The van der Waals surface area contributed by atoms with Gasteiger partial charge in [0.15, 0.2) is 0 Å². The van der Waals surface area contributed by atoms with Gasteiger partial charge in [0.25, 0.3) is 0 Å². The van der Waals surface area contributed by atoms with Gasteiger partial charge in [0, 0.05) is 19.6 Å². The first-order valence-electron chi connectivity index (χ1n) is 7.16. The quantitative estimate of drug-likeness (QED) is 0.816. The van der Waals surface area contributed by atoms with E-state index < -0.39 is 0 Å². The molecule has 3 rings (SSSR count). The number of nitrogens with zero attached hydrogens (tertiary/aromatic N) is 1. The molecule has 2 heterocycles. The van der Waals surface area contributed by atoms with Gasteiger partial charge in [-0.25, -0.2) is 4.98 Å². The minimum atomic E-state index is -0.235. The average molecular weight is 273 g/mol. The van der Waals surface area contributed by atoms with Crippen LogP contribution in [0, 0.1) is 0 Å². The van der Waals surface area contributed by atoms with Crippen molar-refractivity contribution < 1.29 is 9.53 Å². The van der Waals surface area contributed by atoms with Gasteiger partial charge in [0.05, 0.1) is 11.0 Å². The van der Waals surface area contributed by atoms with Gasteiger partial charge in [0.2, 0.25) is 5.91 Å². The third-order valence-electron chi connectivity index (χ3n) is 3.55. The number of aromatic nitrogens is 2. The lowest BCUT2D eigenvalue weighted by atomic mass is 10.2. The molecule has 1 saturated heterocycles. The number of carbonyl (C=O) groups is 1. The molecular weight excluding hydrogens is 254 g/mol. The summed E-state index contributed by atoms with van der Waals surface area (Å²) < 4.78 is 5.34. The molecule has 0 spiro atoms. The van der Waals surface area contributed by atoms with Gasteiger partial charge >= 0.3 is 0 Å². The summed E-state index contributed by atoms with van der Waals surface area (Å²) in [6.45, 7) is 1.37. The summed E-state index contributed by atoms with van der Waals surface area (Å²) in [5.41, 5.74) is 2.05. The zero-order chi connectivity index (χ0) is 13.8. The molecule has 1 fully saturated rings. The molecule has 0 aliphatic carbocycles. The molecule has 2 N–H and O–H groups in total. The Balaban J connectivity index is 1.44. The average Bonchev–Trinajstić information content (AvgIpc) is 3.11. The number of aromatic amines is 1. The summed E-state index contributed by atoms with van der Waals surface area (Å²) in [4.78, 5) is 19.5. The number of fused-ring (bicyclic) bond motifs is 1. The maximum Gasteiger partial charge on any atom is 0.249 e. The molecule has 2 aromatic rings. The van der Waals surface area contributed by atoms with E-state index in [2.05, 4.69) is 15.3 Å². The van der Waals surface area contributed by atoms with Crippen molar-refractivity contribution in [3.05, 3.63) is 30.1 Å². The second-order valence-electron chi connectivity index (χ2n) is 5.10. The molecule has 1 aliphatic rings. The van der Waals surface area contributed by atoms with Crippen LogP contribution in [0.25, 0.3) is 11.0 Å². The predicted octanol–water partition coefficient (Wildman–Crippen LogP) is 1.79. The highest BCUT2D eigenvalue weighted by atomic mass is 16.5. The fraction of sp³-hybridized carbons (Fsp3) is 0.467. The summed E-state index contributed by atoms with van der Waals surface area (Å²) in [7, 11) is 0. The predicted molar refractivity (Wildman–Crippen MR) is 76.4 cm³/mol. The topological polar surface area (TPSA) is 67.0 Å². The van der Waals surface area contributed by atoms with Gasteiger partial charge in [-0.15, -0.1) is 0 Å². The Morgan fingerprint density at radius 3 is 3.15 bits per heavy atom. The fourth-order valence-electron chi connectivity index (χ4n) is 2.49. The van der Waals surface area contributed by atoms with Crippen LogP contribution in [0.3, 0.4) is 0 Å². The van der Waals surface area contributed by atoms with Crippen molar-refractivity contribution in [2.24, 2.45) is 0 Å².